The molecule has 3 rings (SSSR count). The Balaban J connectivity index is 2.02. The van der Waals surface area contributed by atoms with Gasteiger partial charge in [0.15, 0.2) is 0 Å². The Morgan fingerprint density at radius 3 is 2.57 bits per heavy atom. The number of nitrogens with two attached hydrogens (primary N) is 1. The van der Waals surface area contributed by atoms with Crippen molar-refractivity contribution in [2.45, 2.75) is 24.8 Å². The number of rotatable bonds is 2. The first-order chi connectivity index (χ1) is 10.9. The summed E-state index contributed by atoms with van der Waals surface area (Å²) >= 11 is 0. The van der Waals surface area contributed by atoms with Crippen LogP contribution in [0.15, 0.2) is 48.5 Å². The van der Waals surface area contributed by atoms with E-state index in [-0.39, 0.29) is 18.2 Å². The van der Waals surface area contributed by atoms with Gasteiger partial charge in [-0.2, -0.15) is 0 Å². The number of halogens is 2. The van der Waals surface area contributed by atoms with Crippen molar-refractivity contribution in [3.63, 3.8) is 0 Å². The predicted molar refractivity (Wildman–Crippen MR) is 83.8 cm³/mol. The van der Waals surface area contributed by atoms with Crippen LogP contribution in [0.3, 0.4) is 0 Å². The fraction of sp³-hybridized carbons (Fsp3) is 0.278. The lowest BCUT2D eigenvalue weighted by atomic mass is 9.79. The molecule has 0 spiro atoms. The van der Waals surface area contributed by atoms with Crippen molar-refractivity contribution in [3.8, 4) is 0 Å². The van der Waals surface area contributed by atoms with Crippen LogP contribution in [0.5, 0.6) is 0 Å². The molecule has 1 aliphatic rings. The fourth-order valence-corrected chi connectivity index (χ4v) is 3.45. The van der Waals surface area contributed by atoms with Crippen molar-refractivity contribution < 1.29 is 13.6 Å². The van der Waals surface area contributed by atoms with Gasteiger partial charge in [0.25, 0.3) is 0 Å². The first-order valence-corrected chi connectivity index (χ1v) is 7.47. The summed E-state index contributed by atoms with van der Waals surface area (Å²) in [7, 11) is 0. The van der Waals surface area contributed by atoms with Crippen molar-refractivity contribution in [3.05, 3.63) is 71.3 Å². The summed E-state index contributed by atoms with van der Waals surface area (Å²) in [5.74, 6) is -0.955. The Kier molecular flexibility index (Phi) is 3.80. The van der Waals surface area contributed by atoms with Crippen LogP contribution in [-0.2, 0) is 5.41 Å². The molecule has 2 N–H and O–H groups in total. The van der Waals surface area contributed by atoms with Crippen LogP contribution in [0, 0.1) is 11.6 Å². The molecule has 0 saturated carbocycles. The molecular weight excluding hydrogens is 298 g/mol. The van der Waals surface area contributed by atoms with Gasteiger partial charge in [-0.3, -0.25) is 0 Å². The SMILES string of the molecule is CC1(c2cc(F)ccc2F)CC(c2ccccc2)N(C(N)=O)C1. The van der Waals surface area contributed by atoms with E-state index in [0.717, 1.165) is 17.7 Å². The zero-order valence-electron chi connectivity index (χ0n) is 12.8. The van der Waals surface area contributed by atoms with E-state index in [0.29, 0.717) is 6.42 Å². The molecule has 1 saturated heterocycles. The monoisotopic (exact) mass is 316 g/mol. The van der Waals surface area contributed by atoms with Crippen LogP contribution in [0.2, 0.25) is 0 Å². The summed E-state index contributed by atoms with van der Waals surface area (Å²) in [6.45, 7) is 2.09. The number of hydrogen-bond acceptors (Lipinski definition) is 1. The molecule has 23 heavy (non-hydrogen) atoms. The molecule has 120 valence electrons. The van der Waals surface area contributed by atoms with Crippen LogP contribution in [0.25, 0.3) is 0 Å². The van der Waals surface area contributed by atoms with Crippen molar-refractivity contribution in [1.82, 2.24) is 4.90 Å². The molecule has 5 heteroatoms. The van der Waals surface area contributed by atoms with Gasteiger partial charge in [0.2, 0.25) is 0 Å². The first kappa shape index (κ1) is 15.5. The lowest BCUT2D eigenvalue weighted by molar-refractivity contribution is 0.201. The van der Waals surface area contributed by atoms with Gasteiger partial charge in [0, 0.05) is 12.0 Å². The number of carbonyl (C=O) groups excluding carboxylic acids is 1. The molecule has 0 aromatic heterocycles. The van der Waals surface area contributed by atoms with E-state index in [1.807, 2.05) is 37.3 Å². The highest BCUT2D eigenvalue weighted by Crippen LogP contribution is 2.45. The molecule has 2 aromatic rings. The molecule has 2 amide bonds. The van der Waals surface area contributed by atoms with E-state index in [2.05, 4.69) is 0 Å². The summed E-state index contributed by atoms with van der Waals surface area (Å²) in [6, 6.07) is 12.1. The van der Waals surface area contributed by atoms with Gasteiger partial charge >= 0.3 is 6.03 Å². The molecule has 0 bridgehead atoms. The zero-order valence-corrected chi connectivity index (χ0v) is 12.8. The molecule has 2 unspecified atom stereocenters. The van der Waals surface area contributed by atoms with E-state index in [1.165, 1.54) is 11.0 Å². The summed E-state index contributed by atoms with van der Waals surface area (Å²) in [5.41, 5.74) is 6.04. The highest BCUT2D eigenvalue weighted by molar-refractivity contribution is 5.73. The van der Waals surface area contributed by atoms with Gasteiger partial charge < -0.3 is 10.6 Å². The minimum absolute atomic E-state index is 0.249. The normalized spacial score (nSPS) is 24.0. The number of amides is 2. The van der Waals surface area contributed by atoms with E-state index < -0.39 is 23.1 Å². The standard InChI is InChI=1S/C18H18F2N2O/c1-18(14-9-13(19)7-8-15(14)20)10-16(22(11-18)17(21)23)12-5-3-2-4-6-12/h2-9,16H,10-11H2,1H3,(H2,21,23). The van der Waals surface area contributed by atoms with Crippen LogP contribution < -0.4 is 5.73 Å². The molecule has 0 aliphatic carbocycles. The van der Waals surface area contributed by atoms with Gasteiger partial charge in [-0.05, 0) is 35.7 Å². The van der Waals surface area contributed by atoms with Crippen LogP contribution >= 0.6 is 0 Å². The van der Waals surface area contributed by atoms with Crippen molar-refractivity contribution >= 4 is 6.03 Å². The Labute approximate surface area is 133 Å². The smallest absolute Gasteiger partial charge is 0.315 e. The van der Waals surface area contributed by atoms with Crippen LogP contribution in [-0.4, -0.2) is 17.5 Å². The molecule has 2 atom stereocenters. The van der Waals surface area contributed by atoms with Crippen LogP contribution in [0.1, 0.15) is 30.5 Å². The third-order valence-electron chi connectivity index (χ3n) is 4.59. The summed E-state index contributed by atoms with van der Waals surface area (Å²) in [5, 5.41) is 0. The van der Waals surface area contributed by atoms with Gasteiger partial charge in [-0.15, -0.1) is 0 Å². The van der Waals surface area contributed by atoms with Gasteiger partial charge in [-0.1, -0.05) is 37.3 Å². The van der Waals surface area contributed by atoms with Crippen LogP contribution in [0.4, 0.5) is 13.6 Å². The Hall–Kier alpha value is -2.43. The summed E-state index contributed by atoms with van der Waals surface area (Å²) < 4.78 is 27.8. The van der Waals surface area contributed by atoms with Gasteiger partial charge in [-0.25, -0.2) is 13.6 Å². The molecule has 2 aromatic carbocycles. The second-order valence-corrected chi connectivity index (χ2v) is 6.28. The minimum atomic E-state index is -0.693. The van der Waals surface area contributed by atoms with Crippen molar-refractivity contribution in [2.75, 3.05) is 6.54 Å². The second-order valence-electron chi connectivity index (χ2n) is 6.28. The molecule has 0 radical (unpaired) electrons. The molecular formula is C18H18F2N2O. The van der Waals surface area contributed by atoms with Gasteiger partial charge in [0.05, 0.1) is 6.04 Å². The average molecular weight is 316 g/mol. The topological polar surface area (TPSA) is 46.3 Å². The van der Waals surface area contributed by atoms with Gasteiger partial charge in [0.1, 0.15) is 11.6 Å². The maximum absolute atomic E-state index is 14.2. The highest BCUT2D eigenvalue weighted by atomic mass is 19.1. The minimum Gasteiger partial charge on any atom is -0.351 e. The van der Waals surface area contributed by atoms with Crippen molar-refractivity contribution in [2.24, 2.45) is 5.73 Å². The molecule has 1 heterocycles. The predicted octanol–water partition coefficient (Wildman–Crippen LogP) is 3.75. The number of urea groups is 1. The summed E-state index contributed by atoms with van der Waals surface area (Å²) in [6.07, 6.45) is 0.486. The lowest BCUT2D eigenvalue weighted by Gasteiger charge is -2.25. The lowest BCUT2D eigenvalue weighted by Crippen LogP contribution is -2.37. The Bertz CT molecular complexity index is 735. The molecule has 1 fully saturated rings. The third-order valence-corrected chi connectivity index (χ3v) is 4.59. The Morgan fingerprint density at radius 2 is 1.91 bits per heavy atom. The maximum atomic E-state index is 14.2. The number of benzene rings is 2. The number of hydrogen-bond donors (Lipinski definition) is 1. The Morgan fingerprint density at radius 1 is 1.22 bits per heavy atom. The number of likely N-dealkylation sites (tertiary alicyclic amines) is 1. The second kappa shape index (κ2) is 5.65. The third kappa shape index (κ3) is 2.79. The molecule has 3 nitrogen and oxygen atoms in total. The molecule has 1 aliphatic heterocycles. The fourth-order valence-electron chi connectivity index (χ4n) is 3.45. The van der Waals surface area contributed by atoms with Crippen molar-refractivity contribution in [1.29, 1.82) is 0 Å². The van der Waals surface area contributed by atoms with E-state index in [1.54, 1.807) is 0 Å². The first-order valence-electron chi connectivity index (χ1n) is 7.47. The number of primary amides is 1. The summed E-state index contributed by atoms with van der Waals surface area (Å²) in [4.78, 5) is 13.4. The average Bonchev–Trinajstić information content (AvgIpc) is 2.90. The maximum Gasteiger partial charge on any atom is 0.315 e. The number of carbonyl (C=O) groups is 1. The van der Waals surface area contributed by atoms with E-state index in [4.69, 9.17) is 5.73 Å². The van der Waals surface area contributed by atoms with E-state index in [9.17, 15) is 13.6 Å². The van der Waals surface area contributed by atoms with E-state index >= 15 is 0 Å². The quantitative estimate of drug-likeness (QED) is 0.901. The largest absolute Gasteiger partial charge is 0.351 e. The highest BCUT2D eigenvalue weighted by Gasteiger charge is 2.45. The number of nitrogens with zero attached hydrogens (tertiary/aromatic N) is 1. The zero-order chi connectivity index (χ0) is 16.6.